The SMILES string of the molecule is C=CC1CC1(NC(=O)[C@@H]1C[C@@H]2CN1C(=O)[C@H](C(C)(C)C)NC(=O)O[C@@H]1CC1=CCCCCc1c(nc3ccccc3c1-c1nccs1)O2)C(=O)NS(=O)(=O)C1(C)CC1. The van der Waals surface area contributed by atoms with Crippen molar-refractivity contribution < 1.29 is 37.1 Å². The van der Waals surface area contributed by atoms with Gasteiger partial charge in [0.2, 0.25) is 27.7 Å². The molecule has 2 aliphatic heterocycles. The Morgan fingerprint density at radius 1 is 1.14 bits per heavy atom. The first kappa shape index (κ1) is 40.0. The number of allylic oxidation sites excluding steroid dienone is 1. The van der Waals surface area contributed by atoms with Crippen LogP contribution in [0.4, 0.5) is 4.79 Å². The molecule has 2 bridgehead atoms. The zero-order chi connectivity index (χ0) is 41.2. The van der Waals surface area contributed by atoms with Gasteiger partial charge in [-0.25, -0.2) is 23.2 Å². The number of thiazole rings is 1. The number of carbonyl (C=O) groups is 4. The third-order valence-electron chi connectivity index (χ3n) is 12.2. The maximum absolute atomic E-state index is 14.8. The molecule has 308 valence electrons. The molecule has 0 radical (unpaired) electrons. The summed E-state index contributed by atoms with van der Waals surface area (Å²) in [5.74, 6) is -2.17. The minimum atomic E-state index is -4.01. The van der Waals surface area contributed by atoms with Crippen molar-refractivity contribution in [1.29, 1.82) is 0 Å². The van der Waals surface area contributed by atoms with Gasteiger partial charge >= 0.3 is 6.09 Å². The Balaban J connectivity index is 1.17. The van der Waals surface area contributed by atoms with E-state index in [1.807, 2.05) is 50.4 Å². The summed E-state index contributed by atoms with van der Waals surface area (Å²) in [6, 6.07) is 5.56. The fourth-order valence-electron chi connectivity index (χ4n) is 8.12. The average Bonchev–Trinajstić information content (AvgIpc) is 4.11. The van der Waals surface area contributed by atoms with E-state index < -0.39 is 73.6 Å². The van der Waals surface area contributed by atoms with Gasteiger partial charge < -0.3 is 25.0 Å². The van der Waals surface area contributed by atoms with E-state index in [-0.39, 0.29) is 25.5 Å². The number of hydrogen-bond donors (Lipinski definition) is 3. The molecule has 4 fully saturated rings. The predicted molar refractivity (Wildman–Crippen MR) is 218 cm³/mol. The molecule has 4 amide bonds. The Morgan fingerprint density at radius 2 is 1.91 bits per heavy atom. The smallest absolute Gasteiger partial charge is 0.408 e. The molecule has 3 aromatic rings. The van der Waals surface area contributed by atoms with E-state index in [1.165, 1.54) is 22.3 Å². The highest BCUT2D eigenvalue weighted by Crippen LogP contribution is 2.47. The summed E-state index contributed by atoms with van der Waals surface area (Å²) < 4.78 is 40.0. The van der Waals surface area contributed by atoms with Crippen molar-refractivity contribution in [3.8, 4) is 16.5 Å². The summed E-state index contributed by atoms with van der Waals surface area (Å²) in [6.45, 7) is 10.8. The van der Waals surface area contributed by atoms with Crippen molar-refractivity contribution in [2.75, 3.05) is 6.54 Å². The second-order valence-electron chi connectivity index (χ2n) is 17.6. The number of benzene rings is 1. The molecule has 3 saturated carbocycles. The normalized spacial score (nSPS) is 28.2. The largest absolute Gasteiger partial charge is 0.472 e. The molecule has 58 heavy (non-hydrogen) atoms. The van der Waals surface area contributed by atoms with Crippen LogP contribution in [0.15, 0.2) is 60.1 Å². The standard InChI is InChI=1S/C42H50N6O8S2/c1-6-25-22-42(25,38(51)47-58(53,54)41(5)16-17-41)46-34(49)30-21-26-23-48(30)37(50)33(40(2,3)4)45-39(52)56-31-20-24(31)12-8-7-9-14-28-32(36-43-18-19-57-36)27-13-10-11-15-29(27)44-35(28)55-26/h6,10-13,15,18-19,25-26,30-31,33H,1,7-9,14,16-17,20-23H2,2-5H3,(H,45,52)(H,46,49)(H,47,51)/t25?,26-,30+,31-,33-,42?/m1/s1. The third kappa shape index (κ3) is 7.60. The van der Waals surface area contributed by atoms with E-state index in [2.05, 4.69) is 33.0 Å². The van der Waals surface area contributed by atoms with Crippen molar-refractivity contribution >= 4 is 56.1 Å². The molecule has 4 heterocycles. The van der Waals surface area contributed by atoms with Gasteiger partial charge in [-0.2, -0.15) is 0 Å². The molecule has 16 heteroatoms. The van der Waals surface area contributed by atoms with Crippen LogP contribution in [0.1, 0.15) is 84.6 Å². The Labute approximate surface area is 342 Å². The molecule has 5 aliphatic rings. The van der Waals surface area contributed by atoms with Gasteiger partial charge in [-0.3, -0.25) is 19.1 Å². The number of pyridine rings is 1. The van der Waals surface area contributed by atoms with E-state index in [0.29, 0.717) is 37.1 Å². The minimum Gasteiger partial charge on any atom is -0.472 e. The summed E-state index contributed by atoms with van der Waals surface area (Å²) in [6.07, 6.45) is 8.32. The molecule has 2 unspecified atom stereocenters. The van der Waals surface area contributed by atoms with Crippen molar-refractivity contribution in [3.63, 3.8) is 0 Å². The number of alkyl carbamates (subject to hydrolysis) is 1. The maximum Gasteiger partial charge on any atom is 0.408 e. The van der Waals surface area contributed by atoms with Crippen LogP contribution in [-0.2, 0) is 35.6 Å². The Hall–Kier alpha value is -4.83. The predicted octanol–water partition coefficient (Wildman–Crippen LogP) is 5.33. The first-order chi connectivity index (χ1) is 27.5. The molecule has 0 spiro atoms. The number of amides is 4. The molecular weight excluding hydrogens is 781 g/mol. The Bertz CT molecular complexity index is 2320. The molecule has 14 nitrogen and oxygen atoms in total. The van der Waals surface area contributed by atoms with Gasteiger partial charge in [-0.15, -0.1) is 17.9 Å². The van der Waals surface area contributed by atoms with Crippen molar-refractivity contribution in [2.45, 2.75) is 120 Å². The summed E-state index contributed by atoms with van der Waals surface area (Å²) in [5, 5.41) is 9.34. The lowest BCUT2D eigenvalue weighted by molar-refractivity contribution is -0.142. The lowest BCUT2D eigenvalue weighted by Crippen LogP contribution is -2.60. The van der Waals surface area contributed by atoms with Gasteiger partial charge in [0, 0.05) is 46.8 Å². The molecule has 1 aromatic carbocycles. The van der Waals surface area contributed by atoms with Crippen LogP contribution in [0.25, 0.3) is 21.5 Å². The zero-order valence-electron chi connectivity index (χ0n) is 33.2. The van der Waals surface area contributed by atoms with Crippen LogP contribution in [0.2, 0.25) is 0 Å². The summed E-state index contributed by atoms with van der Waals surface area (Å²) in [4.78, 5) is 67.5. The first-order valence-corrected chi connectivity index (χ1v) is 22.4. The number of fused-ring (bicyclic) bond motifs is 5. The monoisotopic (exact) mass is 830 g/mol. The summed E-state index contributed by atoms with van der Waals surface area (Å²) >= 11 is 1.52. The van der Waals surface area contributed by atoms with E-state index in [1.54, 1.807) is 13.1 Å². The van der Waals surface area contributed by atoms with Gasteiger partial charge in [-0.05, 0) is 68.9 Å². The van der Waals surface area contributed by atoms with Crippen molar-refractivity contribution in [2.24, 2.45) is 11.3 Å². The molecule has 3 N–H and O–H groups in total. The first-order valence-electron chi connectivity index (χ1n) is 20.0. The highest BCUT2D eigenvalue weighted by Gasteiger charge is 2.63. The van der Waals surface area contributed by atoms with E-state index >= 15 is 0 Å². The number of nitrogens with zero attached hydrogens (tertiary/aromatic N) is 3. The van der Waals surface area contributed by atoms with Crippen molar-refractivity contribution in [3.05, 3.63) is 65.7 Å². The maximum atomic E-state index is 14.8. The minimum absolute atomic E-state index is 0.0294. The summed E-state index contributed by atoms with van der Waals surface area (Å²) in [7, 11) is -4.01. The highest BCUT2D eigenvalue weighted by atomic mass is 32.2. The number of carbonyl (C=O) groups excluding carboxylic acids is 4. The van der Waals surface area contributed by atoms with Gasteiger partial charge in [0.1, 0.15) is 34.8 Å². The quantitative estimate of drug-likeness (QED) is 0.263. The molecule has 6 atom stereocenters. The Morgan fingerprint density at radius 3 is 2.60 bits per heavy atom. The number of aromatic nitrogens is 2. The lowest BCUT2D eigenvalue weighted by atomic mass is 9.85. The third-order valence-corrected chi connectivity index (χ3v) is 15.1. The van der Waals surface area contributed by atoms with Crippen LogP contribution in [-0.4, -0.2) is 88.2 Å². The van der Waals surface area contributed by atoms with Gasteiger partial charge in [-0.1, -0.05) is 51.1 Å². The van der Waals surface area contributed by atoms with Crippen LogP contribution < -0.4 is 20.1 Å². The fraction of sp³-hybridized carbons (Fsp3) is 0.524. The number of ether oxygens (including phenoxy) is 2. The van der Waals surface area contributed by atoms with E-state index in [0.717, 1.165) is 46.4 Å². The molecule has 3 aliphatic carbocycles. The molecule has 2 aromatic heterocycles. The number of sulfonamides is 1. The molecular formula is C42H50N6O8S2. The molecule has 8 rings (SSSR count). The topological polar surface area (TPSA) is 186 Å². The summed E-state index contributed by atoms with van der Waals surface area (Å²) in [5.41, 5.74) is 1.17. The van der Waals surface area contributed by atoms with Gasteiger partial charge in [0.25, 0.3) is 5.91 Å². The van der Waals surface area contributed by atoms with Crippen LogP contribution in [0.5, 0.6) is 5.88 Å². The van der Waals surface area contributed by atoms with E-state index in [9.17, 15) is 27.6 Å². The lowest BCUT2D eigenvalue weighted by Gasteiger charge is -2.35. The zero-order valence-corrected chi connectivity index (χ0v) is 34.8. The van der Waals surface area contributed by atoms with Crippen LogP contribution >= 0.6 is 11.3 Å². The number of hydrogen-bond acceptors (Lipinski definition) is 11. The average molecular weight is 831 g/mol. The van der Waals surface area contributed by atoms with E-state index in [4.69, 9.17) is 14.5 Å². The fourth-order valence-corrected chi connectivity index (χ4v) is 10.2. The van der Waals surface area contributed by atoms with Crippen molar-refractivity contribution in [1.82, 2.24) is 30.2 Å². The Kier molecular flexibility index (Phi) is 10.2. The second-order valence-corrected chi connectivity index (χ2v) is 20.7. The second kappa shape index (κ2) is 14.8. The van der Waals surface area contributed by atoms with Gasteiger partial charge in [0.15, 0.2) is 0 Å². The molecule has 1 saturated heterocycles. The van der Waals surface area contributed by atoms with Crippen LogP contribution in [0.3, 0.4) is 0 Å². The number of nitrogens with one attached hydrogen (secondary N) is 3. The highest BCUT2D eigenvalue weighted by molar-refractivity contribution is 7.91. The number of para-hydroxylation sites is 1. The number of rotatable bonds is 7. The van der Waals surface area contributed by atoms with Gasteiger partial charge in [0.05, 0.1) is 16.8 Å². The van der Waals surface area contributed by atoms with Crippen LogP contribution in [0, 0.1) is 11.3 Å².